The first-order valence-electron chi connectivity index (χ1n) is 10.2. The van der Waals surface area contributed by atoms with Crippen LogP contribution in [0.2, 0.25) is 0 Å². The number of thiophene rings is 1. The van der Waals surface area contributed by atoms with Crippen LogP contribution < -0.4 is 10.1 Å². The molecule has 6 heteroatoms. The monoisotopic (exact) mass is 414 g/mol. The van der Waals surface area contributed by atoms with E-state index in [1.165, 1.54) is 23.3 Å². The summed E-state index contributed by atoms with van der Waals surface area (Å²) in [5, 5.41) is 5.12. The van der Waals surface area contributed by atoms with E-state index in [1.807, 2.05) is 31.2 Å². The minimum absolute atomic E-state index is 0.0688. The van der Waals surface area contributed by atoms with Gasteiger partial charge < -0.3 is 10.1 Å². The maximum atomic E-state index is 12.4. The third kappa shape index (κ3) is 6.15. The van der Waals surface area contributed by atoms with Crippen molar-refractivity contribution in [1.82, 2.24) is 4.90 Å². The van der Waals surface area contributed by atoms with Gasteiger partial charge in [-0.25, -0.2) is 0 Å². The van der Waals surface area contributed by atoms with Crippen molar-refractivity contribution in [2.75, 3.05) is 25.5 Å². The van der Waals surface area contributed by atoms with Gasteiger partial charge in [0.15, 0.2) is 5.78 Å². The molecule has 0 unspecified atom stereocenters. The first kappa shape index (κ1) is 21.5. The van der Waals surface area contributed by atoms with Crippen molar-refractivity contribution in [1.29, 1.82) is 0 Å². The summed E-state index contributed by atoms with van der Waals surface area (Å²) in [7, 11) is 1.64. The summed E-state index contributed by atoms with van der Waals surface area (Å²) >= 11 is 1.53. The number of amides is 1. The van der Waals surface area contributed by atoms with E-state index in [9.17, 15) is 9.59 Å². The van der Waals surface area contributed by atoms with Gasteiger partial charge in [-0.3, -0.25) is 14.5 Å². The molecule has 1 fully saturated rings. The van der Waals surface area contributed by atoms with E-state index in [0.29, 0.717) is 12.3 Å². The fraction of sp³-hybridized carbons (Fsp3) is 0.478. The maximum Gasteiger partial charge on any atom is 0.224 e. The van der Waals surface area contributed by atoms with Gasteiger partial charge in [0.2, 0.25) is 5.91 Å². The second kappa shape index (κ2) is 10.0. The number of likely N-dealkylation sites (tertiary alicyclic amines) is 1. The van der Waals surface area contributed by atoms with Gasteiger partial charge in [0.25, 0.3) is 0 Å². The number of hydrogen-bond acceptors (Lipinski definition) is 5. The first-order valence-corrected chi connectivity index (χ1v) is 11.1. The van der Waals surface area contributed by atoms with E-state index in [4.69, 9.17) is 4.74 Å². The van der Waals surface area contributed by atoms with E-state index < -0.39 is 0 Å². The van der Waals surface area contributed by atoms with Gasteiger partial charge in [0, 0.05) is 25.2 Å². The molecule has 1 aliphatic rings. The van der Waals surface area contributed by atoms with Crippen molar-refractivity contribution in [2.24, 2.45) is 5.92 Å². The van der Waals surface area contributed by atoms with Crippen LogP contribution in [-0.4, -0.2) is 36.8 Å². The number of carbonyl (C=O) groups is 2. The molecule has 29 heavy (non-hydrogen) atoms. The molecule has 3 rings (SSSR count). The number of benzene rings is 1. The molecule has 0 spiro atoms. The molecule has 5 nitrogen and oxygen atoms in total. The third-order valence-corrected chi connectivity index (χ3v) is 6.58. The van der Waals surface area contributed by atoms with Gasteiger partial charge in [-0.15, -0.1) is 11.3 Å². The zero-order valence-corrected chi connectivity index (χ0v) is 18.3. The summed E-state index contributed by atoms with van der Waals surface area (Å²) in [6, 6.07) is 7.70. The van der Waals surface area contributed by atoms with Crippen LogP contribution in [0.1, 0.15) is 53.4 Å². The smallest absolute Gasteiger partial charge is 0.224 e. The van der Waals surface area contributed by atoms with Gasteiger partial charge in [0.1, 0.15) is 5.75 Å². The molecule has 1 aromatic heterocycles. The highest BCUT2D eigenvalue weighted by atomic mass is 32.1. The first-order chi connectivity index (χ1) is 13.9. The van der Waals surface area contributed by atoms with Crippen molar-refractivity contribution < 1.29 is 14.3 Å². The van der Waals surface area contributed by atoms with Crippen molar-refractivity contribution in [3.05, 3.63) is 45.6 Å². The lowest BCUT2D eigenvalue weighted by molar-refractivity contribution is -0.116. The number of carbonyl (C=O) groups excluding carboxylic acids is 2. The normalized spacial score (nSPS) is 17.1. The van der Waals surface area contributed by atoms with E-state index in [2.05, 4.69) is 15.6 Å². The van der Waals surface area contributed by atoms with Crippen LogP contribution in [-0.2, 0) is 11.3 Å². The molecule has 2 aromatic rings. The van der Waals surface area contributed by atoms with Crippen LogP contribution in [0, 0.1) is 12.8 Å². The highest BCUT2D eigenvalue weighted by Gasteiger charge is 2.21. The lowest BCUT2D eigenvalue weighted by Crippen LogP contribution is -2.35. The lowest BCUT2D eigenvalue weighted by atomic mass is 9.93. The molecule has 1 atom stereocenters. The lowest BCUT2D eigenvalue weighted by Gasteiger charge is -2.32. The summed E-state index contributed by atoms with van der Waals surface area (Å²) in [5.74, 6) is 1.54. The van der Waals surface area contributed by atoms with Crippen LogP contribution in [0.3, 0.4) is 0 Å². The molecule has 1 amide bonds. The Labute approximate surface area is 177 Å². The quantitative estimate of drug-likeness (QED) is 0.624. The predicted molar refractivity (Wildman–Crippen MR) is 118 cm³/mol. The van der Waals surface area contributed by atoms with Gasteiger partial charge >= 0.3 is 0 Å². The van der Waals surface area contributed by atoms with Crippen LogP contribution in [0.15, 0.2) is 29.6 Å². The molecule has 1 aromatic carbocycles. The second-order valence-corrected chi connectivity index (χ2v) is 8.80. The average Bonchev–Trinajstić information content (AvgIpc) is 3.17. The summed E-state index contributed by atoms with van der Waals surface area (Å²) in [6.07, 6.45) is 3.78. The summed E-state index contributed by atoms with van der Waals surface area (Å²) < 4.78 is 5.21. The van der Waals surface area contributed by atoms with Crippen molar-refractivity contribution in [2.45, 2.75) is 46.1 Å². The van der Waals surface area contributed by atoms with E-state index in [-0.39, 0.29) is 11.7 Å². The summed E-state index contributed by atoms with van der Waals surface area (Å²) in [6.45, 7) is 6.57. The molecular formula is C23H30N2O3S. The van der Waals surface area contributed by atoms with Crippen LogP contribution >= 0.6 is 11.3 Å². The number of aryl methyl sites for hydroxylation is 1. The Morgan fingerprint density at radius 1 is 1.31 bits per heavy atom. The Morgan fingerprint density at radius 3 is 2.83 bits per heavy atom. The fourth-order valence-corrected chi connectivity index (χ4v) is 4.69. The summed E-state index contributed by atoms with van der Waals surface area (Å²) in [4.78, 5) is 27.2. The Morgan fingerprint density at radius 2 is 2.14 bits per heavy atom. The predicted octanol–water partition coefficient (Wildman–Crippen LogP) is 4.90. The van der Waals surface area contributed by atoms with E-state index in [1.54, 1.807) is 14.0 Å². The number of Topliss-reactive ketones (excluding diaryl/α,β-unsaturated/α-hetero) is 1. The van der Waals surface area contributed by atoms with Crippen LogP contribution in [0.5, 0.6) is 5.75 Å². The number of anilines is 1. The zero-order valence-electron chi connectivity index (χ0n) is 17.5. The number of rotatable bonds is 8. The number of nitrogens with one attached hydrogen (secondary N) is 1. The van der Waals surface area contributed by atoms with Crippen molar-refractivity contribution in [3.63, 3.8) is 0 Å². The topological polar surface area (TPSA) is 58.6 Å². The Bertz CT molecular complexity index is 862. The number of ketones is 1. The van der Waals surface area contributed by atoms with E-state index in [0.717, 1.165) is 54.4 Å². The van der Waals surface area contributed by atoms with Crippen molar-refractivity contribution >= 4 is 28.7 Å². The molecule has 0 saturated carbocycles. The standard InChI is InChI=1S/C23H30N2O3S/c1-16-11-20(28-3)7-8-21(16)24-23(27)9-6-18-5-4-10-25(13-18)14-19-12-22(17(2)26)29-15-19/h7-8,11-12,15,18H,4-6,9-10,13-14H2,1-3H3,(H,24,27)/t18-/m1/s1. The number of nitrogens with zero attached hydrogens (tertiary/aromatic N) is 1. The zero-order chi connectivity index (χ0) is 20.8. The molecule has 1 aliphatic heterocycles. The van der Waals surface area contributed by atoms with Crippen LogP contribution in [0.25, 0.3) is 0 Å². The molecule has 0 aliphatic carbocycles. The Hall–Kier alpha value is -2.18. The molecule has 0 radical (unpaired) electrons. The Balaban J connectivity index is 1.46. The van der Waals surface area contributed by atoms with Crippen molar-refractivity contribution in [3.8, 4) is 5.75 Å². The maximum absolute atomic E-state index is 12.4. The Kier molecular flexibility index (Phi) is 7.45. The molecule has 1 N–H and O–H groups in total. The minimum Gasteiger partial charge on any atom is -0.497 e. The van der Waals surface area contributed by atoms with Gasteiger partial charge in [-0.05, 0) is 86.3 Å². The number of hydrogen-bond donors (Lipinski definition) is 1. The summed E-state index contributed by atoms with van der Waals surface area (Å²) in [5.41, 5.74) is 3.07. The van der Waals surface area contributed by atoms with Crippen LogP contribution in [0.4, 0.5) is 5.69 Å². The molecule has 156 valence electrons. The van der Waals surface area contributed by atoms with Gasteiger partial charge in [-0.2, -0.15) is 0 Å². The SMILES string of the molecule is COc1ccc(NC(=O)CC[C@H]2CCCN(Cc3csc(C(C)=O)c3)C2)c(C)c1. The third-order valence-electron chi connectivity index (χ3n) is 5.50. The van der Waals surface area contributed by atoms with E-state index >= 15 is 0 Å². The minimum atomic E-state index is 0.0688. The number of piperidine rings is 1. The second-order valence-electron chi connectivity index (χ2n) is 7.89. The molecule has 1 saturated heterocycles. The number of methoxy groups -OCH3 is 1. The molecular weight excluding hydrogens is 384 g/mol. The highest BCUT2D eigenvalue weighted by molar-refractivity contribution is 7.12. The van der Waals surface area contributed by atoms with Gasteiger partial charge in [-0.1, -0.05) is 0 Å². The fourth-order valence-electron chi connectivity index (χ4n) is 3.88. The average molecular weight is 415 g/mol. The largest absolute Gasteiger partial charge is 0.497 e. The molecule has 2 heterocycles. The van der Waals surface area contributed by atoms with Gasteiger partial charge in [0.05, 0.1) is 12.0 Å². The number of ether oxygens (including phenoxy) is 1. The molecule has 0 bridgehead atoms. The highest BCUT2D eigenvalue weighted by Crippen LogP contribution is 2.25.